The first-order valence-electron chi connectivity index (χ1n) is 6.91. The van der Waals surface area contributed by atoms with E-state index in [-0.39, 0.29) is 11.8 Å². The van der Waals surface area contributed by atoms with Gasteiger partial charge >= 0.3 is 0 Å². The molecule has 3 aromatic rings. The van der Waals surface area contributed by atoms with Crippen molar-refractivity contribution in [3.8, 4) is 5.75 Å². The average molecular weight is 279 g/mol. The molecule has 0 saturated carbocycles. The first-order chi connectivity index (χ1) is 10.3. The minimum Gasteiger partial charge on any atom is -0.508 e. The van der Waals surface area contributed by atoms with Crippen LogP contribution in [0.5, 0.6) is 5.75 Å². The van der Waals surface area contributed by atoms with Crippen LogP contribution in [0.3, 0.4) is 0 Å². The third-order valence-electron chi connectivity index (χ3n) is 3.45. The lowest BCUT2D eigenvalue weighted by molar-refractivity contribution is 0.474. The van der Waals surface area contributed by atoms with Gasteiger partial charge in [-0.15, -0.1) is 0 Å². The van der Waals surface area contributed by atoms with E-state index in [1.807, 2.05) is 36.4 Å². The van der Waals surface area contributed by atoms with Gasteiger partial charge in [0.25, 0.3) is 0 Å². The lowest BCUT2D eigenvalue weighted by Crippen LogP contribution is -2.21. The van der Waals surface area contributed by atoms with E-state index in [1.54, 1.807) is 24.7 Å². The molecule has 0 bridgehead atoms. The molecular weight excluding hydrogens is 262 g/mol. The molecule has 2 aromatic carbocycles. The van der Waals surface area contributed by atoms with Crippen LogP contribution < -0.4 is 5.32 Å². The highest BCUT2D eigenvalue weighted by atomic mass is 16.3. The molecular formula is C18H17NO2. The van der Waals surface area contributed by atoms with Crippen LogP contribution in [0.15, 0.2) is 77.6 Å². The highest BCUT2D eigenvalue weighted by molar-refractivity contribution is 5.35. The summed E-state index contributed by atoms with van der Waals surface area (Å²) in [6.45, 7) is 0.719. The predicted molar refractivity (Wildman–Crippen MR) is 81.9 cm³/mol. The quantitative estimate of drug-likeness (QED) is 0.745. The summed E-state index contributed by atoms with van der Waals surface area (Å²) in [5.41, 5.74) is 3.41. The van der Waals surface area contributed by atoms with Crippen molar-refractivity contribution in [3.05, 3.63) is 89.9 Å². The normalized spacial score (nSPS) is 12.2. The third-order valence-corrected chi connectivity index (χ3v) is 3.45. The molecule has 3 heteroatoms. The number of furan rings is 1. The van der Waals surface area contributed by atoms with Crippen molar-refractivity contribution in [2.45, 2.75) is 12.6 Å². The molecule has 1 atom stereocenters. The van der Waals surface area contributed by atoms with Crippen LogP contribution in [0.4, 0.5) is 0 Å². The van der Waals surface area contributed by atoms with Crippen molar-refractivity contribution in [1.82, 2.24) is 5.32 Å². The Balaban J connectivity index is 1.85. The Morgan fingerprint density at radius 3 is 2.29 bits per heavy atom. The van der Waals surface area contributed by atoms with Crippen molar-refractivity contribution in [2.75, 3.05) is 0 Å². The van der Waals surface area contributed by atoms with E-state index < -0.39 is 0 Å². The maximum atomic E-state index is 9.46. The molecule has 0 fully saturated rings. The van der Waals surface area contributed by atoms with Crippen molar-refractivity contribution in [2.24, 2.45) is 0 Å². The van der Waals surface area contributed by atoms with Crippen molar-refractivity contribution in [3.63, 3.8) is 0 Å². The van der Waals surface area contributed by atoms with E-state index in [0.29, 0.717) is 0 Å². The van der Waals surface area contributed by atoms with Crippen LogP contribution >= 0.6 is 0 Å². The Morgan fingerprint density at radius 2 is 1.62 bits per heavy atom. The summed E-state index contributed by atoms with van der Waals surface area (Å²) in [6.07, 6.45) is 3.42. The SMILES string of the molecule is Oc1ccc(C(NCc2ccoc2)c2ccccc2)cc1. The fraction of sp³-hybridized carbons (Fsp3) is 0.111. The number of phenols is 1. The summed E-state index contributed by atoms with van der Waals surface area (Å²) in [5.74, 6) is 0.278. The molecule has 0 aliphatic rings. The maximum Gasteiger partial charge on any atom is 0.115 e. The largest absolute Gasteiger partial charge is 0.508 e. The molecule has 1 aromatic heterocycles. The van der Waals surface area contributed by atoms with Gasteiger partial charge in [0, 0.05) is 12.1 Å². The summed E-state index contributed by atoms with van der Waals surface area (Å²) < 4.78 is 5.10. The summed E-state index contributed by atoms with van der Waals surface area (Å²) in [6, 6.07) is 19.6. The van der Waals surface area contributed by atoms with E-state index in [2.05, 4.69) is 17.4 Å². The highest BCUT2D eigenvalue weighted by Crippen LogP contribution is 2.24. The van der Waals surface area contributed by atoms with Crippen molar-refractivity contribution >= 4 is 0 Å². The fourth-order valence-electron chi connectivity index (χ4n) is 2.35. The molecule has 3 nitrogen and oxygen atoms in total. The van der Waals surface area contributed by atoms with Gasteiger partial charge in [-0.1, -0.05) is 42.5 Å². The summed E-state index contributed by atoms with van der Waals surface area (Å²) in [5, 5.41) is 13.0. The van der Waals surface area contributed by atoms with Gasteiger partial charge in [0.15, 0.2) is 0 Å². The van der Waals surface area contributed by atoms with Gasteiger partial charge in [0.05, 0.1) is 18.6 Å². The standard InChI is InChI=1S/C18H17NO2/c20-17-8-6-16(7-9-17)18(15-4-2-1-3-5-15)19-12-14-10-11-21-13-14/h1-11,13,18-20H,12H2. The fourth-order valence-corrected chi connectivity index (χ4v) is 2.35. The molecule has 21 heavy (non-hydrogen) atoms. The number of aromatic hydroxyl groups is 1. The lowest BCUT2D eigenvalue weighted by Gasteiger charge is -2.19. The van der Waals surface area contributed by atoms with Gasteiger partial charge < -0.3 is 14.8 Å². The Morgan fingerprint density at radius 1 is 0.905 bits per heavy atom. The summed E-state index contributed by atoms with van der Waals surface area (Å²) in [4.78, 5) is 0. The molecule has 0 aliphatic carbocycles. The van der Waals surface area contributed by atoms with Crippen LogP contribution in [0, 0.1) is 0 Å². The average Bonchev–Trinajstić information content (AvgIpc) is 3.04. The zero-order valence-electron chi connectivity index (χ0n) is 11.6. The van der Waals surface area contributed by atoms with Gasteiger partial charge in [-0.05, 0) is 29.3 Å². The van der Waals surface area contributed by atoms with Gasteiger partial charge in [-0.2, -0.15) is 0 Å². The second-order valence-corrected chi connectivity index (χ2v) is 4.95. The molecule has 0 spiro atoms. The molecule has 0 saturated heterocycles. The number of hydrogen-bond donors (Lipinski definition) is 2. The lowest BCUT2D eigenvalue weighted by atomic mass is 9.98. The van der Waals surface area contributed by atoms with Gasteiger partial charge in [-0.25, -0.2) is 0 Å². The van der Waals surface area contributed by atoms with E-state index in [4.69, 9.17) is 4.42 Å². The van der Waals surface area contributed by atoms with E-state index in [9.17, 15) is 5.11 Å². The smallest absolute Gasteiger partial charge is 0.115 e. The molecule has 3 rings (SSSR count). The molecule has 0 amide bonds. The molecule has 2 N–H and O–H groups in total. The van der Waals surface area contributed by atoms with Gasteiger partial charge in [0.1, 0.15) is 5.75 Å². The first-order valence-corrected chi connectivity index (χ1v) is 6.91. The van der Waals surface area contributed by atoms with Crippen LogP contribution in [-0.2, 0) is 6.54 Å². The van der Waals surface area contributed by atoms with Crippen molar-refractivity contribution < 1.29 is 9.52 Å². The van der Waals surface area contributed by atoms with Crippen molar-refractivity contribution in [1.29, 1.82) is 0 Å². The van der Waals surface area contributed by atoms with Gasteiger partial charge in [-0.3, -0.25) is 0 Å². The Labute approximate surface area is 123 Å². The molecule has 0 radical (unpaired) electrons. The number of nitrogens with one attached hydrogen (secondary N) is 1. The zero-order valence-corrected chi connectivity index (χ0v) is 11.6. The Bertz CT molecular complexity index is 660. The van der Waals surface area contributed by atoms with Crippen LogP contribution in [-0.4, -0.2) is 5.11 Å². The van der Waals surface area contributed by atoms with E-state index in [1.165, 1.54) is 5.56 Å². The molecule has 1 unspecified atom stereocenters. The van der Waals surface area contributed by atoms with E-state index in [0.717, 1.165) is 17.7 Å². The first kappa shape index (κ1) is 13.5. The number of benzene rings is 2. The highest BCUT2D eigenvalue weighted by Gasteiger charge is 2.13. The second-order valence-electron chi connectivity index (χ2n) is 4.95. The Hall–Kier alpha value is -2.52. The summed E-state index contributed by atoms with van der Waals surface area (Å²) in [7, 11) is 0. The van der Waals surface area contributed by atoms with Crippen LogP contribution in [0.2, 0.25) is 0 Å². The number of rotatable bonds is 5. The van der Waals surface area contributed by atoms with Gasteiger partial charge in [0.2, 0.25) is 0 Å². The molecule has 1 heterocycles. The monoisotopic (exact) mass is 279 g/mol. The topological polar surface area (TPSA) is 45.4 Å². The number of hydrogen-bond acceptors (Lipinski definition) is 3. The predicted octanol–water partition coefficient (Wildman–Crippen LogP) is 3.86. The van der Waals surface area contributed by atoms with Crippen LogP contribution in [0.25, 0.3) is 0 Å². The molecule has 0 aliphatic heterocycles. The number of phenolic OH excluding ortho intramolecular Hbond substituents is 1. The maximum absolute atomic E-state index is 9.46. The molecule has 106 valence electrons. The van der Waals surface area contributed by atoms with Crippen LogP contribution in [0.1, 0.15) is 22.7 Å². The summed E-state index contributed by atoms with van der Waals surface area (Å²) >= 11 is 0. The van der Waals surface area contributed by atoms with E-state index >= 15 is 0 Å². The third kappa shape index (κ3) is 3.33. The minimum atomic E-state index is 0.0710. The Kier molecular flexibility index (Phi) is 4.03. The second kappa shape index (κ2) is 6.29. The zero-order chi connectivity index (χ0) is 14.5. The minimum absolute atomic E-state index is 0.0710.